The Morgan fingerprint density at radius 2 is 2.31 bits per heavy atom. The normalized spacial score (nSPS) is 21.0. The molecule has 0 spiro atoms. The standard InChI is InChI=1S/C18H20N4O4/c1-24-13-7-12(22(9-13)16-5-6-19-10-21-16)8-20-18(23)14-3-2-4-15-17(14)26-11-25-15/h2-6,10,12-13H,7-9,11H2,1H3,(H,20,23)/t12-,13-/m1/s1. The molecular formula is C18H20N4O4. The number of aromatic nitrogens is 2. The van der Waals surface area contributed by atoms with Gasteiger partial charge in [0.1, 0.15) is 12.1 Å². The summed E-state index contributed by atoms with van der Waals surface area (Å²) in [4.78, 5) is 23.1. The molecule has 8 nitrogen and oxygen atoms in total. The molecule has 0 unspecified atom stereocenters. The number of methoxy groups -OCH3 is 1. The number of nitrogens with one attached hydrogen (secondary N) is 1. The number of fused-ring (bicyclic) bond motifs is 1. The van der Waals surface area contributed by atoms with Crippen LogP contribution < -0.4 is 19.7 Å². The van der Waals surface area contributed by atoms with Gasteiger partial charge >= 0.3 is 0 Å². The molecule has 1 saturated heterocycles. The van der Waals surface area contributed by atoms with Gasteiger partial charge in [-0.2, -0.15) is 0 Å². The number of hydrogen-bond acceptors (Lipinski definition) is 7. The highest BCUT2D eigenvalue weighted by atomic mass is 16.7. The van der Waals surface area contributed by atoms with Crippen LogP contribution in [0.25, 0.3) is 0 Å². The highest BCUT2D eigenvalue weighted by Crippen LogP contribution is 2.35. The molecule has 0 bridgehead atoms. The SMILES string of the molecule is CO[C@@H]1C[C@H](CNC(=O)c2cccc3c2OCO3)N(c2ccncn2)C1. The van der Waals surface area contributed by atoms with E-state index in [2.05, 4.69) is 20.2 Å². The van der Waals surface area contributed by atoms with Crippen LogP contribution in [-0.4, -0.2) is 55.0 Å². The molecule has 0 aliphatic carbocycles. The van der Waals surface area contributed by atoms with Gasteiger partial charge in [0.25, 0.3) is 5.91 Å². The lowest BCUT2D eigenvalue weighted by molar-refractivity contribution is 0.0941. The topological polar surface area (TPSA) is 85.8 Å². The number of rotatable bonds is 5. The quantitative estimate of drug-likeness (QED) is 0.862. The summed E-state index contributed by atoms with van der Waals surface area (Å²) >= 11 is 0. The van der Waals surface area contributed by atoms with Crippen LogP contribution in [0.3, 0.4) is 0 Å². The van der Waals surface area contributed by atoms with Crippen LogP contribution in [0.1, 0.15) is 16.8 Å². The number of benzene rings is 1. The second kappa shape index (κ2) is 7.17. The Bertz CT molecular complexity index is 786. The number of carbonyl (C=O) groups excluding carboxylic acids is 1. The molecule has 136 valence electrons. The van der Waals surface area contributed by atoms with E-state index >= 15 is 0 Å². The molecule has 3 heterocycles. The average molecular weight is 356 g/mol. The van der Waals surface area contributed by atoms with E-state index < -0.39 is 0 Å². The van der Waals surface area contributed by atoms with Crippen molar-refractivity contribution in [2.45, 2.75) is 18.6 Å². The third-order valence-electron chi connectivity index (χ3n) is 4.71. The smallest absolute Gasteiger partial charge is 0.255 e. The van der Waals surface area contributed by atoms with Crippen LogP contribution in [-0.2, 0) is 4.74 Å². The van der Waals surface area contributed by atoms with Gasteiger partial charge in [0, 0.05) is 26.4 Å². The Morgan fingerprint density at radius 3 is 3.12 bits per heavy atom. The molecule has 1 amide bonds. The number of amides is 1. The predicted molar refractivity (Wildman–Crippen MR) is 93.5 cm³/mol. The van der Waals surface area contributed by atoms with Crippen molar-refractivity contribution in [3.63, 3.8) is 0 Å². The maximum absolute atomic E-state index is 12.6. The molecule has 0 saturated carbocycles. The zero-order valence-corrected chi connectivity index (χ0v) is 14.4. The summed E-state index contributed by atoms with van der Waals surface area (Å²) in [6.07, 6.45) is 4.15. The Kier molecular flexibility index (Phi) is 4.57. The fourth-order valence-corrected chi connectivity index (χ4v) is 3.39. The minimum atomic E-state index is -0.184. The second-order valence-electron chi connectivity index (χ2n) is 6.22. The lowest BCUT2D eigenvalue weighted by Crippen LogP contribution is -2.40. The summed E-state index contributed by atoms with van der Waals surface area (Å²) in [6, 6.07) is 7.26. The predicted octanol–water partition coefficient (Wildman–Crippen LogP) is 1.23. The number of para-hydroxylation sites is 1. The molecule has 1 aromatic heterocycles. The van der Waals surface area contributed by atoms with Crippen molar-refractivity contribution in [1.29, 1.82) is 0 Å². The van der Waals surface area contributed by atoms with Crippen molar-refractivity contribution in [1.82, 2.24) is 15.3 Å². The van der Waals surface area contributed by atoms with Gasteiger partial charge in [-0.15, -0.1) is 0 Å². The number of carbonyl (C=O) groups is 1. The van der Waals surface area contributed by atoms with E-state index in [1.54, 1.807) is 31.5 Å². The average Bonchev–Trinajstić information content (AvgIpc) is 3.33. The molecule has 1 aromatic carbocycles. The van der Waals surface area contributed by atoms with Crippen LogP contribution in [0.5, 0.6) is 11.5 Å². The first-order valence-electron chi connectivity index (χ1n) is 8.48. The third-order valence-corrected chi connectivity index (χ3v) is 4.71. The molecule has 2 atom stereocenters. The summed E-state index contributed by atoms with van der Waals surface area (Å²) in [5.41, 5.74) is 0.481. The molecular weight excluding hydrogens is 336 g/mol. The first-order chi connectivity index (χ1) is 12.8. The second-order valence-corrected chi connectivity index (χ2v) is 6.22. The fourth-order valence-electron chi connectivity index (χ4n) is 3.39. The zero-order valence-electron chi connectivity index (χ0n) is 14.4. The van der Waals surface area contributed by atoms with Crippen LogP contribution >= 0.6 is 0 Å². The molecule has 0 radical (unpaired) electrons. The summed E-state index contributed by atoms with van der Waals surface area (Å²) in [6.45, 7) is 1.35. The zero-order chi connectivity index (χ0) is 17.9. The number of hydrogen-bond donors (Lipinski definition) is 1. The van der Waals surface area contributed by atoms with Crippen molar-refractivity contribution in [3.05, 3.63) is 42.4 Å². The number of ether oxygens (including phenoxy) is 3. The number of nitrogens with zero attached hydrogens (tertiary/aromatic N) is 3. The van der Waals surface area contributed by atoms with Crippen molar-refractivity contribution >= 4 is 11.7 Å². The molecule has 2 aliphatic rings. The molecule has 1 N–H and O–H groups in total. The van der Waals surface area contributed by atoms with Gasteiger partial charge in [0.15, 0.2) is 11.5 Å². The molecule has 26 heavy (non-hydrogen) atoms. The molecule has 1 fully saturated rings. The van der Waals surface area contributed by atoms with Gasteiger partial charge in [-0.05, 0) is 24.6 Å². The van der Waals surface area contributed by atoms with Gasteiger partial charge in [-0.25, -0.2) is 9.97 Å². The summed E-state index contributed by atoms with van der Waals surface area (Å²) in [5, 5.41) is 3.00. The minimum Gasteiger partial charge on any atom is -0.454 e. The fraction of sp³-hybridized carbons (Fsp3) is 0.389. The Morgan fingerprint density at radius 1 is 1.38 bits per heavy atom. The van der Waals surface area contributed by atoms with Gasteiger partial charge in [0.05, 0.1) is 17.7 Å². The first kappa shape index (κ1) is 16.6. The molecule has 4 rings (SSSR count). The van der Waals surface area contributed by atoms with Crippen molar-refractivity contribution in [2.24, 2.45) is 0 Å². The maximum Gasteiger partial charge on any atom is 0.255 e. The van der Waals surface area contributed by atoms with Crippen LogP contribution in [0.2, 0.25) is 0 Å². The summed E-state index contributed by atoms with van der Waals surface area (Å²) in [7, 11) is 1.70. The Labute approximate surface area is 151 Å². The summed E-state index contributed by atoms with van der Waals surface area (Å²) in [5.74, 6) is 1.74. The highest BCUT2D eigenvalue weighted by Gasteiger charge is 2.33. The first-order valence-corrected chi connectivity index (χ1v) is 8.48. The number of anilines is 1. The van der Waals surface area contributed by atoms with E-state index in [1.165, 1.54) is 6.33 Å². The van der Waals surface area contributed by atoms with Crippen molar-refractivity contribution in [3.8, 4) is 11.5 Å². The maximum atomic E-state index is 12.6. The van der Waals surface area contributed by atoms with Crippen LogP contribution in [0.15, 0.2) is 36.8 Å². The van der Waals surface area contributed by atoms with Crippen LogP contribution in [0, 0.1) is 0 Å². The van der Waals surface area contributed by atoms with Gasteiger partial charge in [0.2, 0.25) is 6.79 Å². The lowest BCUT2D eigenvalue weighted by Gasteiger charge is -2.25. The van der Waals surface area contributed by atoms with E-state index in [0.29, 0.717) is 23.6 Å². The lowest BCUT2D eigenvalue weighted by atomic mass is 10.1. The summed E-state index contributed by atoms with van der Waals surface area (Å²) < 4.78 is 16.3. The van der Waals surface area contributed by atoms with Gasteiger partial charge in [-0.3, -0.25) is 4.79 Å². The van der Waals surface area contributed by atoms with Crippen molar-refractivity contribution in [2.75, 3.05) is 31.9 Å². The largest absolute Gasteiger partial charge is 0.454 e. The van der Waals surface area contributed by atoms with E-state index in [9.17, 15) is 4.79 Å². The monoisotopic (exact) mass is 356 g/mol. The molecule has 2 aromatic rings. The van der Waals surface area contributed by atoms with Gasteiger partial charge in [-0.1, -0.05) is 6.07 Å². The molecule has 2 aliphatic heterocycles. The van der Waals surface area contributed by atoms with E-state index in [0.717, 1.165) is 18.8 Å². The van der Waals surface area contributed by atoms with E-state index in [4.69, 9.17) is 14.2 Å². The van der Waals surface area contributed by atoms with Gasteiger partial charge < -0.3 is 24.4 Å². The van der Waals surface area contributed by atoms with Crippen LogP contribution in [0.4, 0.5) is 5.82 Å². The highest BCUT2D eigenvalue weighted by molar-refractivity contribution is 5.98. The Hall–Kier alpha value is -2.87. The minimum absolute atomic E-state index is 0.0905. The van der Waals surface area contributed by atoms with Crippen molar-refractivity contribution < 1.29 is 19.0 Å². The third kappa shape index (κ3) is 3.15. The Balaban J connectivity index is 1.46. The molecule has 8 heteroatoms. The van der Waals surface area contributed by atoms with E-state index in [-0.39, 0.29) is 24.8 Å². The van der Waals surface area contributed by atoms with E-state index in [1.807, 2.05) is 6.07 Å².